The van der Waals surface area contributed by atoms with Crippen LogP contribution in [-0.2, 0) is 11.3 Å². The molecule has 0 spiro atoms. The fourth-order valence-corrected chi connectivity index (χ4v) is 4.65. The molecule has 1 N–H and O–H groups in total. The first-order valence-corrected chi connectivity index (χ1v) is 12.6. The Morgan fingerprint density at radius 3 is 2.40 bits per heavy atom. The Morgan fingerprint density at radius 1 is 0.971 bits per heavy atom. The lowest BCUT2D eigenvalue weighted by Gasteiger charge is -2.23. The maximum atomic E-state index is 12.9. The van der Waals surface area contributed by atoms with E-state index >= 15 is 0 Å². The van der Waals surface area contributed by atoms with Gasteiger partial charge in [0.05, 0.1) is 17.8 Å². The highest BCUT2D eigenvalue weighted by Crippen LogP contribution is 2.23. The minimum atomic E-state index is -0.161. The minimum Gasteiger partial charge on any atom is -0.378 e. The van der Waals surface area contributed by atoms with E-state index in [1.165, 1.54) is 11.3 Å². The summed E-state index contributed by atoms with van der Waals surface area (Å²) >= 11 is 0. The Kier molecular flexibility index (Phi) is 8.37. The number of hydrogen-bond acceptors (Lipinski definition) is 5. The largest absolute Gasteiger partial charge is 0.378 e. The quantitative estimate of drug-likeness (QED) is 0.502. The summed E-state index contributed by atoms with van der Waals surface area (Å²) in [5, 5.41) is 3.05. The fourth-order valence-electron chi connectivity index (χ4n) is 4.65. The third-order valence-corrected chi connectivity index (χ3v) is 6.71. The Hall–Kier alpha value is -3.38. The van der Waals surface area contributed by atoms with Crippen LogP contribution < -0.4 is 15.1 Å². The van der Waals surface area contributed by atoms with Gasteiger partial charge in [0.1, 0.15) is 5.82 Å². The highest BCUT2D eigenvalue weighted by molar-refractivity contribution is 5.95. The predicted molar refractivity (Wildman–Crippen MR) is 145 cm³/mol. The zero-order valence-electron chi connectivity index (χ0n) is 21.2. The van der Waals surface area contributed by atoms with Crippen molar-refractivity contribution < 1.29 is 4.79 Å². The summed E-state index contributed by atoms with van der Waals surface area (Å²) in [5.41, 5.74) is 4.36. The number of amides is 1. The van der Waals surface area contributed by atoms with Crippen molar-refractivity contribution in [2.45, 2.75) is 32.2 Å². The van der Waals surface area contributed by atoms with Gasteiger partial charge in [0.25, 0.3) is 0 Å². The van der Waals surface area contributed by atoms with Crippen LogP contribution in [0.5, 0.6) is 0 Å². The first-order chi connectivity index (χ1) is 17.0. The first-order valence-electron chi connectivity index (χ1n) is 12.6. The van der Waals surface area contributed by atoms with Crippen LogP contribution in [0, 0.1) is 0 Å². The molecule has 6 nitrogen and oxygen atoms in total. The van der Waals surface area contributed by atoms with E-state index in [9.17, 15) is 4.79 Å². The molecule has 0 radical (unpaired) electrons. The highest BCUT2D eigenvalue weighted by atomic mass is 16.1. The molecule has 184 valence electrons. The zero-order valence-corrected chi connectivity index (χ0v) is 21.2. The van der Waals surface area contributed by atoms with Crippen molar-refractivity contribution in [3.05, 3.63) is 84.1 Å². The van der Waals surface area contributed by atoms with E-state index in [2.05, 4.69) is 63.4 Å². The standard InChI is InChI=1S/C29H37N5O/c1-4-27(24-9-6-5-7-10-24)29(35)31-25-13-16-28(30-21-25)34-18-8-17-33(19-20-34)22-23-11-14-26(15-12-23)32(2)3/h5-7,9-16,21,27H,4,8,17-20,22H2,1-3H3,(H,31,35)/t27-/m1/s1. The molecular formula is C29H37N5O. The first kappa shape index (κ1) is 24.7. The van der Waals surface area contributed by atoms with Gasteiger partial charge in [0.2, 0.25) is 5.91 Å². The molecule has 1 aromatic heterocycles. The molecule has 1 aliphatic rings. The maximum absolute atomic E-state index is 12.9. The molecule has 6 heteroatoms. The highest BCUT2D eigenvalue weighted by Gasteiger charge is 2.19. The average Bonchev–Trinajstić information content (AvgIpc) is 3.11. The summed E-state index contributed by atoms with van der Waals surface area (Å²) in [6, 6.07) is 22.8. The Bertz CT molecular complexity index is 1070. The smallest absolute Gasteiger partial charge is 0.231 e. The van der Waals surface area contributed by atoms with Crippen LogP contribution in [0.2, 0.25) is 0 Å². The maximum Gasteiger partial charge on any atom is 0.231 e. The molecule has 0 aliphatic carbocycles. The molecule has 3 aromatic rings. The molecule has 0 saturated carbocycles. The molecule has 2 heterocycles. The Balaban J connectivity index is 1.31. The number of carbonyl (C=O) groups excluding carboxylic acids is 1. The Labute approximate surface area is 209 Å². The van der Waals surface area contributed by atoms with Crippen LogP contribution in [-0.4, -0.2) is 56.1 Å². The number of anilines is 3. The normalized spacial score (nSPS) is 15.3. The van der Waals surface area contributed by atoms with Crippen molar-refractivity contribution >= 4 is 23.1 Å². The van der Waals surface area contributed by atoms with Crippen LogP contribution in [0.15, 0.2) is 72.9 Å². The van der Waals surface area contributed by atoms with Crippen molar-refractivity contribution in [3.63, 3.8) is 0 Å². The number of benzene rings is 2. The number of pyridine rings is 1. The molecule has 1 fully saturated rings. The number of nitrogens with zero attached hydrogens (tertiary/aromatic N) is 4. The average molecular weight is 472 g/mol. The lowest BCUT2D eigenvalue weighted by atomic mass is 9.95. The van der Waals surface area contributed by atoms with Crippen molar-refractivity contribution in [3.8, 4) is 0 Å². The molecule has 2 aromatic carbocycles. The van der Waals surface area contributed by atoms with Gasteiger partial charge in [0, 0.05) is 52.5 Å². The summed E-state index contributed by atoms with van der Waals surface area (Å²) < 4.78 is 0. The van der Waals surface area contributed by atoms with E-state index in [0.717, 1.165) is 62.6 Å². The van der Waals surface area contributed by atoms with E-state index in [1.807, 2.05) is 49.4 Å². The molecule has 35 heavy (non-hydrogen) atoms. The summed E-state index contributed by atoms with van der Waals surface area (Å²) in [6.45, 7) is 7.03. The van der Waals surface area contributed by atoms with E-state index in [1.54, 1.807) is 6.20 Å². The fraction of sp³-hybridized carbons (Fsp3) is 0.379. The third-order valence-electron chi connectivity index (χ3n) is 6.71. The SMILES string of the molecule is CC[C@@H](C(=O)Nc1ccc(N2CCCN(Cc3ccc(N(C)C)cc3)CC2)nc1)c1ccccc1. The van der Waals surface area contributed by atoms with E-state index in [0.29, 0.717) is 0 Å². The predicted octanol–water partition coefficient (Wildman–Crippen LogP) is 4.99. The van der Waals surface area contributed by atoms with E-state index in [-0.39, 0.29) is 11.8 Å². The molecule has 4 rings (SSSR count). The third kappa shape index (κ3) is 6.61. The van der Waals surface area contributed by atoms with Crippen molar-refractivity contribution in [2.24, 2.45) is 0 Å². The molecule has 1 saturated heterocycles. The van der Waals surface area contributed by atoms with Gasteiger partial charge in [-0.05, 0) is 48.2 Å². The zero-order chi connectivity index (χ0) is 24.6. The second-order valence-electron chi connectivity index (χ2n) is 9.44. The van der Waals surface area contributed by atoms with Crippen molar-refractivity contribution in [1.29, 1.82) is 0 Å². The molecule has 1 aliphatic heterocycles. The summed E-state index contributed by atoms with van der Waals surface area (Å²) in [7, 11) is 4.14. The molecule has 1 amide bonds. The molecule has 1 atom stereocenters. The number of nitrogens with one attached hydrogen (secondary N) is 1. The summed E-state index contributed by atoms with van der Waals surface area (Å²) in [6.07, 6.45) is 3.64. The Morgan fingerprint density at radius 2 is 1.74 bits per heavy atom. The number of carbonyl (C=O) groups is 1. The second-order valence-corrected chi connectivity index (χ2v) is 9.44. The number of rotatable bonds is 8. The van der Waals surface area contributed by atoms with Crippen molar-refractivity contribution in [1.82, 2.24) is 9.88 Å². The monoisotopic (exact) mass is 471 g/mol. The van der Waals surface area contributed by atoms with Crippen LogP contribution in [0.1, 0.15) is 36.8 Å². The van der Waals surface area contributed by atoms with Crippen molar-refractivity contribution in [2.75, 3.05) is 55.4 Å². The van der Waals surface area contributed by atoms with Gasteiger partial charge in [-0.3, -0.25) is 9.69 Å². The van der Waals surface area contributed by atoms with Gasteiger partial charge in [-0.25, -0.2) is 4.98 Å². The molecule has 0 bridgehead atoms. The van der Waals surface area contributed by atoms with Gasteiger partial charge < -0.3 is 15.1 Å². The van der Waals surface area contributed by atoms with E-state index < -0.39 is 0 Å². The van der Waals surface area contributed by atoms with Gasteiger partial charge in [0.15, 0.2) is 0 Å². The molecule has 0 unspecified atom stereocenters. The van der Waals surface area contributed by atoms with Gasteiger partial charge >= 0.3 is 0 Å². The van der Waals surface area contributed by atoms with E-state index in [4.69, 9.17) is 0 Å². The van der Waals surface area contributed by atoms with Crippen LogP contribution >= 0.6 is 0 Å². The minimum absolute atomic E-state index is 0.0114. The van der Waals surface area contributed by atoms with Crippen LogP contribution in [0.4, 0.5) is 17.2 Å². The lowest BCUT2D eigenvalue weighted by molar-refractivity contribution is -0.117. The molecular weight excluding hydrogens is 434 g/mol. The van der Waals surface area contributed by atoms with Gasteiger partial charge in [-0.1, -0.05) is 49.4 Å². The summed E-state index contributed by atoms with van der Waals surface area (Å²) in [5.74, 6) is 0.819. The number of hydrogen-bond donors (Lipinski definition) is 1. The van der Waals surface area contributed by atoms with Crippen LogP contribution in [0.3, 0.4) is 0 Å². The van der Waals surface area contributed by atoms with Gasteiger partial charge in [-0.15, -0.1) is 0 Å². The topological polar surface area (TPSA) is 51.7 Å². The number of aromatic nitrogens is 1. The van der Waals surface area contributed by atoms with Gasteiger partial charge in [-0.2, -0.15) is 0 Å². The second kappa shape index (κ2) is 11.8. The van der Waals surface area contributed by atoms with Crippen LogP contribution in [0.25, 0.3) is 0 Å². The summed E-state index contributed by atoms with van der Waals surface area (Å²) in [4.78, 5) is 24.5. The lowest BCUT2D eigenvalue weighted by Crippen LogP contribution is -2.31.